The van der Waals surface area contributed by atoms with Crippen molar-refractivity contribution in [2.24, 2.45) is 0 Å². The number of anilines is 1. The van der Waals surface area contributed by atoms with E-state index < -0.39 is 0 Å². The van der Waals surface area contributed by atoms with Crippen LogP contribution in [0.15, 0.2) is 52.3 Å². The molecule has 2 aromatic carbocycles. The summed E-state index contributed by atoms with van der Waals surface area (Å²) >= 11 is 4.71. The molecule has 1 aliphatic rings. The van der Waals surface area contributed by atoms with Crippen molar-refractivity contribution in [1.29, 1.82) is 0 Å². The molecule has 0 spiro atoms. The van der Waals surface area contributed by atoms with E-state index in [1.165, 1.54) is 11.3 Å². The summed E-state index contributed by atoms with van der Waals surface area (Å²) in [6.45, 7) is 0.143. The molecule has 0 unspecified atom stereocenters. The van der Waals surface area contributed by atoms with Gasteiger partial charge in [0.05, 0.1) is 5.69 Å². The number of hydrogen-bond acceptors (Lipinski definition) is 6. The van der Waals surface area contributed by atoms with Crippen LogP contribution in [0.1, 0.15) is 0 Å². The van der Waals surface area contributed by atoms with Gasteiger partial charge in [-0.15, -0.1) is 11.3 Å². The fraction of sp³-hybridized carbons (Fsp3) is 0.111. The van der Waals surface area contributed by atoms with E-state index in [-0.39, 0.29) is 19.3 Å². The molecule has 1 amide bonds. The minimum absolute atomic E-state index is 0.0879. The Bertz CT molecular complexity index is 960. The van der Waals surface area contributed by atoms with Crippen LogP contribution in [-0.4, -0.2) is 24.3 Å². The quantitative estimate of drug-likeness (QED) is 0.649. The van der Waals surface area contributed by atoms with Crippen molar-refractivity contribution in [1.82, 2.24) is 4.98 Å². The summed E-state index contributed by atoms with van der Waals surface area (Å²) in [5.74, 6) is 1.77. The largest absolute Gasteiger partial charge is 0.484 e. The Hall–Kier alpha value is -2.58. The maximum Gasteiger partial charge on any atom is 0.264 e. The van der Waals surface area contributed by atoms with Gasteiger partial charge in [0, 0.05) is 15.4 Å². The third-order valence-corrected chi connectivity index (χ3v) is 4.84. The number of carbonyl (C=O) groups is 1. The Morgan fingerprint density at radius 3 is 3.00 bits per heavy atom. The number of thiazole rings is 1. The molecule has 0 atom stereocenters. The lowest BCUT2D eigenvalue weighted by atomic mass is 10.1. The first kappa shape index (κ1) is 16.9. The van der Waals surface area contributed by atoms with E-state index in [9.17, 15) is 4.79 Å². The molecule has 6 nitrogen and oxygen atoms in total. The van der Waals surface area contributed by atoms with E-state index in [4.69, 9.17) is 14.2 Å². The topological polar surface area (TPSA) is 69.7 Å². The van der Waals surface area contributed by atoms with Gasteiger partial charge >= 0.3 is 0 Å². The molecular weight excluding hydrogens is 420 g/mol. The van der Waals surface area contributed by atoms with Gasteiger partial charge in [0.25, 0.3) is 5.91 Å². The van der Waals surface area contributed by atoms with Crippen molar-refractivity contribution in [2.45, 2.75) is 0 Å². The van der Waals surface area contributed by atoms with Gasteiger partial charge in [-0.2, -0.15) is 0 Å². The fourth-order valence-electron chi connectivity index (χ4n) is 2.38. The second-order valence-electron chi connectivity index (χ2n) is 5.40. The van der Waals surface area contributed by atoms with Gasteiger partial charge in [0.2, 0.25) is 6.79 Å². The maximum absolute atomic E-state index is 12.1. The molecule has 8 heteroatoms. The summed E-state index contributed by atoms with van der Waals surface area (Å²) in [5, 5.41) is 5.14. The van der Waals surface area contributed by atoms with Crippen molar-refractivity contribution in [3.05, 3.63) is 52.3 Å². The first-order valence-electron chi connectivity index (χ1n) is 7.71. The second kappa shape index (κ2) is 7.35. The summed E-state index contributed by atoms with van der Waals surface area (Å²) in [6.07, 6.45) is 0. The Labute approximate surface area is 161 Å². The van der Waals surface area contributed by atoms with E-state index in [2.05, 4.69) is 26.2 Å². The molecule has 3 aromatic rings. The lowest BCUT2D eigenvalue weighted by Crippen LogP contribution is -2.20. The van der Waals surface area contributed by atoms with Gasteiger partial charge in [-0.05, 0) is 36.4 Å². The van der Waals surface area contributed by atoms with E-state index in [0.29, 0.717) is 16.6 Å². The zero-order valence-corrected chi connectivity index (χ0v) is 15.8. The third kappa shape index (κ3) is 3.81. The molecule has 0 aliphatic carbocycles. The van der Waals surface area contributed by atoms with Crippen LogP contribution in [0.3, 0.4) is 0 Å². The fourth-order valence-corrected chi connectivity index (χ4v) is 3.49. The van der Waals surface area contributed by atoms with Gasteiger partial charge in [-0.3, -0.25) is 10.1 Å². The highest BCUT2D eigenvalue weighted by Crippen LogP contribution is 2.36. The summed E-state index contributed by atoms with van der Waals surface area (Å²) in [6, 6.07) is 13.0. The SMILES string of the molecule is O=C(COc1cccc(Br)c1)Nc1nc(-c2ccc3c(c2)OCO3)cs1. The zero-order chi connectivity index (χ0) is 17.9. The third-order valence-electron chi connectivity index (χ3n) is 3.58. The van der Waals surface area contributed by atoms with Crippen LogP contribution in [0, 0.1) is 0 Å². The van der Waals surface area contributed by atoms with Crippen molar-refractivity contribution >= 4 is 38.3 Å². The number of hydrogen-bond donors (Lipinski definition) is 1. The molecule has 26 heavy (non-hydrogen) atoms. The predicted octanol–water partition coefficient (Wildman–Crippen LogP) is 4.32. The number of halogens is 1. The highest BCUT2D eigenvalue weighted by Gasteiger charge is 2.15. The molecule has 0 bridgehead atoms. The summed E-state index contributed by atoms with van der Waals surface area (Å²) in [4.78, 5) is 16.5. The van der Waals surface area contributed by atoms with Gasteiger partial charge < -0.3 is 14.2 Å². The number of aromatic nitrogens is 1. The van der Waals surface area contributed by atoms with Crippen LogP contribution in [0.5, 0.6) is 17.2 Å². The molecule has 2 heterocycles. The van der Waals surface area contributed by atoms with Crippen molar-refractivity contribution < 1.29 is 19.0 Å². The van der Waals surface area contributed by atoms with Crippen LogP contribution < -0.4 is 19.5 Å². The van der Waals surface area contributed by atoms with Crippen LogP contribution in [0.25, 0.3) is 11.3 Å². The van der Waals surface area contributed by atoms with Crippen molar-refractivity contribution in [3.63, 3.8) is 0 Å². The molecule has 4 rings (SSSR count). The van der Waals surface area contributed by atoms with E-state index in [1.54, 1.807) is 12.1 Å². The molecular formula is C18H13BrN2O4S. The Balaban J connectivity index is 1.38. The van der Waals surface area contributed by atoms with Crippen molar-refractivity contribution in [2.75, 3.05) is 18.7 Å². The number of carbonyl (C=O) groups excluding carboxylic acids is 1. The number of nitrogens with zero attached hydrogens (tertiary/aromatic N) is 1. The summed E-state index contributed by atoms with van der Waals surface area (Å²) in [7, 11) is 0. The minimum atomic E-state index is -0.267. The molecule has 0 fully saturated rings. The Morgan fingerprint density at radius 2 is 2.12 bits per heavy atom. The average molecular weight is 433 g/mol. The van der Waals surface area contributed by atoms with E-state index in [0.717, 1.165) is 21.5 Å². The molecule has 132 valence electrons. The number of nitrogens with one attached hydrogen (secondary N) is 1. The minimum Gasteiger partial charge on any atom is -0.484 e. The Morgan fingerprint density at radius 1 is 1.23 bits per heavy atom. The standard InChI is InChI=1S/C18H13BrN2O4S/c19-12-2-1-3-13(7-12)23-8-17(22)21-18-20-14(9-26-18)11-4-5-15-16(6-11)25-10-24-15/h1-7,9H,8,10H2,(H,20,21,22). The summed E-state index contributed by atoms with van der Waals surface area (Å²) < 4.78 is 17.0. The highest BCUT2D eigenvalue weighted by atomic mass is 79.9. The zero-order valence-electron chi connectivity index (χ0n) is 13.4. The predicted molar refractivity (Wildman–Crippen MR) is 102 cm³/mol. The van der Waals surface area contributed by atoms with Gasteiger partial charge in [-0.1, -0.05) is 22.0 Å². The molecule has 0 saturated carbocycles. The normalized spacial score (nSPS) is 12.0. The molecule has 1 aliphatic heterocycles. The smallest absolute Gasteiger partial charge is 0.264 e. The number of rotatable bonds is 5. The van der Waals surface area contributed by atoms with E-state index in [1.807, 2.05) is 35.7 Å². The highest BCUT2D eigenvalue weighted by molar-refractivity contribution is 9.10. The lowest BCUT2D eigenvalue weighted by Gasteiger charge is -2.06. The summed E-state index contributed by atoms with van der Waals surface area (Å²) in [5.41, 5.74) is 1.66. The van der Waals surface area contributed by atoms with Gasteiger partial charge in [0.1, 0.15) is 5.75 Å². The lowest BCUT2D eigenvalue weighted by molar-refractivity contribution is -0.118. The maximum atomic E-state index is 12.1. The average Bonchev–Trinajstić information content (AvgIpc) is 3.28. The number of amides is 1. The Kier molecular flexibility index (Phi) is 4.77. The van der Waals surface area contributed by atoms with E-state index >= 15 is 0 Å². The van der Waals surface area contributed by atoms with Crippen LogP contribution in [-0.2, 0) is 4.79 Å². The van der Waals surface area contributed by atoms with Gasteiger partial charge in [0.15, 0.2) is 23.2 Å². The van der Waals surface area contributed by atoms with Crippen molar-refractivity contribution in [3.8, 4) is 28.5 Å². The van der Waals surface area contributed by atoms with Crippen LogP contribution >= 0.6 is 27.3 Å². The van der Waals surface area contributed by atoms with Crippen LogP contribution in [0.2, 0.25) is 0 Å². The second-order valence-corrected chi connectivity index (χ2v) is 7.17. The van der Waals surface area contributed by atoms with Gasteiger partial charge in [-0.25, -0.2) is 4.98 Å². The number of ether oxygens (including phenoxy) is 3. The van der Waals surface area contributed by atoms with Crippen LogP contribution in [0.4, 0.5) is 5.13 Å². The molecule has 0 radical (unpaired) electrons. The molecule has 1 N–H and O–H groups in total. The molecule has 1 aromatic heterocycles. The first-order valence-corrected chi connectivity index (χ1v) is 9.38. The molecule has 0 saturated heterocycles. The number of fused-ring (bicyclic) bond motifs is 1. The number of benzene rings is 2. The monoisotopic (exact) mass is 432 g/mol. The first-order chi connectivity index (χ1) is 12.7.